The van der Waals surface area contributed by atoms with Gasteiger partial charge in [0.25, 0.3) is 0 Å². The zero-order valence-electron chi connectivity index (χ0n) is 10.4. The van der Waals surface area contributed by atoms with Crippen LogP contribution in [0.25, 0.3) is 0 Å². The molecule has 0 aliphatic carbocycles. The first-order chi connectivity index (χ1) is 9.52. The predicted octanol–water partition coefficient (Wildman–Crippen LogP) is 4.14. The van der Waals surface area contributed by atoms with Crippen molar-refractivity contribution in [2.24, 2.45) is 5.73 Å². The molecule has 3 rings (SSSR count). The van der Waals surface area contributed by atoms with Crippen molar-refractivity contribution in [3.05, 3.63) is 64.2 Å². The van der Waals surface area contributed by atoms with Gasteiger partial charge in [0.2, 0.25) is 0 Å². The molecule has 2 aromatic carbocycles. The first kappa shape index (κ1) is 13.3. The zero-order valence-corrected chi connectivity index (χ0v) is 11.2. The SMILES string of the molecule is N[C@@H]1CC(c2cc(F)cc(F)c2)Oc2ccc(Cl)cc21. The summed E-state index contributed by atoms with van der Waals surface area (Å²) in [6.07, 6.45) is -0.0279. The van der Waals surface area contributed by atoms with E-state index in [1.54, 1.807) is 18.2 Å². The quantitative estimate of drug-likeness (QED) is 0.858. The molecular formula is C15H12ClF2NO. The molecule has 2 atom stereocenters. The van der Waals surface area contributed by atoms with Crippen LogP contribution in [0.2, 0.25) is 5.02 Å². The summed E-state index contributed by atoms with van der Waals surface area (Å²) in [5.41, 5.74) is 7.35. The molecule has 5 heteroatoms. The molecule has 0 fully saturated rings. The maximum atomic E-state index is 13.3. The Balaban J connectivity index is 1.96. The van der Waals surface area contributed by atoms with Gasteiger partial charge in [-0.1, -0.05) is 11.6 Å². The van der Waals surface area contributed by atoms with E-state index in [9.17, 15) is 8.78 Å². The molecule has 0 bridgehead atoms. The number of hydrogen-bond acceptors (Lipinski definition) is 2. The van der Waals surface area contributed by atoms with Gasteiger partial charge in [-0.25, -0.2) is 8.78 Å². The highest BCUT2D eigenvalue weighted by atomic mass is 35.5. The average molecular weight is 296 g/mol. The lowest BCUT2D eigenvalue weighted by Gasteiger charge is -2.30. The van der Waals surface area contributed by atoms with E-state index in [1.165, 1.54) is 12.1 Å². The van der Waals surface area contributed by atoms with Crippen LogP contribution in [-0.2, 0) is 0 Å². The normalized spacial score (nSPS) is 21.2. The highest BCUT2D eigenvalue weighted by Gasteiger charge is 2.27. The Morgan fingerprint density at radius 1 is 1.10 bits per heavy atom. The molecule has 1 heterocycles. The van der Waals surface area contributed by atoms with E-state index >= 15 is 0 Å². The van der Waals surface area contributed by atoms with Crippen molar-refractivity contribution >= 4 is 11.6 Å². The number of rotatable bonds is 1. The molecule has 2 aromatic rings. The van der Waals surface area contributed by atoms with E-state index < -0.39 is 17.7 Å². The molecule has 0 saturated heterocycles. The van der Waals surface area contributed by atoms with Crippen LogP contribution in [0.4, 0.5) is 8.78 Å². The second kappa shape index (κ2) is 5.04. The third-order valence-electron chi connectivity index (χ3n) is 3.37. The van der Waals surface area contributed by atoms with Gasteiger partial charge in [0.15, 0.2) is 0 Å². The van der Waals surface area contributed by atoms with Gasteiger partial charge in [0, 0.05) is 29.1 Å². The largest absolute Gasteiger partial charge is 0.485 e. The van der Waals surface area contributed by atoms with Gasteiger partial charge < -0.3 is 10.5 Å². The lowest BCUT2D eigenvalue weighted by Crippen LogP contribution is -2.24. The summed E-state index contributed by atoms with van der Waals surface area (Å²) in [5.74, 6) is -0.652. The van der Waals surface area contributed by atoms with Crippen molar-refractivity contribution in [1.29, 1.82) is 0 Å². The third-order valence-corrected chi connectivity index (χ3v) is 3.60. The fourth-order valence-electron chi connectivity index (χ4n) is 2.44. The van der Waals surface area contributed by atoms with Gasteiger partial charge in [0.05, 0.1) is 0 Å². The minimum absolute atomic E-state index is 0.284. The van der Waals surface area contributed by atoms with Crippen LogP contribution in [0.5, 0.6) is 5.75 Å². The molecule has 0 aromatic heterocycles. The Morgan fingerprint density at radius 2 is 1.80 bits per heavy atom. The molecule has 2 nitrogen and oxygen atoms in total. The standard InChI is InChI=1S/C15H12ClF2NO/c16-9-1-2-14-12(5-9)13(19)7-15(20-14)8-3-10(17)6-11(18)4-8/h1-6,13,15H,7,19H2/t13-,15?/m1/s1. The van der Waals surface area contributed by atoms with E-state index in [1.807, 2.05) is 0 Å². The third kappa shape index (κ3) is 2.49. The molecule has 0 amide bonds. The Bertz CT molecular complexity index is 642. The van der Waals surface area contributed by atoms with E-state index in [2.05, 4.69) is 0 Å². The summed E-state index contributed by atoms with van der Waals surface area (Å²) in [6.45, 7) is 0. The molecule has 20 heavy (non-hydrogen) atoms. The van der Waals surface area contributed by atoms with Crippen molar-refractivity contribution in [2.75, 3.05) is 0 Å². The van der Waals surface area contributed by atoms with E-state index in [0.717, 1.165) is 11.6 Å². The fourth-order valence-corrected chi connectivity index (χ4v) is 2.62. The van der Waals surface area contributed by atoms with Crippen LogP contribution in [-0.4, -0.2) is 0 Å². The van der Waals surface area contributed by atoms with Crippen LogP contribution in [0.15, 0.2) is 36.4 Å². The smallest absolute Gasteiger partial charge is 0.126 e. The Morgan fingerprint density at radius 3 is 2.50 bits per heavy atom. The van der Waals surface area contributed by atoms with E-state index in [-0.39, 0.29) is 6.04 Å². The van der Waals surface area contributed by atoms with Crippen molar-refractivity contribution in [3.63, 3.8) is 0 Å². The molecule has 0 saturated carbocycles. The number of hydrogen-bond donors (Lipinski definition) is 1. The number of nitrogens with two attached hydrogens (primary N) is 1. The van der Waals surface area contributed by atoms with Crippen molar-refractivity contribution < 1.29 is 13.5 Å². The van der Waals surface area contributed by atoms with E-state index in [0.29, 0.717) is 22.8 Å². The monoisotopic (exact) mass is 295 g/mol. The molecule has 2 N–H and O–H groups in total. The number of ether oxygens (including phenoxy) is 1. The second-order valence-electron chi connectivity index (χ2n) is 4.83. The summed E-state index contributed by atoms with van der Waals surface area (Å²) >= 11 is 5.93. The van der Waals surface area contributed by atoms with Crippen LogP contribution in [0, 0.1) is 11.6 Å². The van der Waals surface area contributed by atoms with Crippen LogP contribution in [0.3, 0.4) is 0 Å². The van der Waals surface area contributed by atoms with Gasteiger partial charge in [0.1, 0.15) is 23.5 Å². The number of halogens is 3. The van der Waals surface area contributed by atoms with Crippen molar-refractivity contribution in [1.82, 2.24) is 0 Å². The average Bonchev–Trinajstić information content (AvgIpc) is 2.38. The second-order valence-corrected chi connectivity index (χ2v) is 5.27. The van der Waals surface area contributed by atoms with Gasteiger partial charge in [-0.3, -0.25) is 0 Å². The first-order valence-corrected chi connectivity index (χ1v) is 6.58. The minimum Gasteiger partial charge on any atom is -0.485 e. The van der Waals surface area contributed by atoms with Gasteiger partial charge in [-0.2, -0.15) is 0 Å². The summed E-state index contributed by atoms with van der Waals surface area (Å²) < 4.78 is 32.4. The summed E-state index contributed by atoms with van der Waals surface area (Å²) in [7, 11) is 0. The highest BCUT2D eigenvalue weighted by molar-refractivity contribution is 6.30. The lowest BCUT2D eigenvalue weighted by atomic mass is 9.93. The van der Waals surface area contributed by atoms with Crippen LogP contribution in [0.1, 0.15) is 29.7 Å². The maximum Gasteiger partial charge on any atom is 0.126 e. The van der Waals surface area contributed by atoms with Crippen LogP contribution >= 0.6 is 11.6 Å². The summed E-state index contributed by atoms with van der Waals surface area (Å²) in [6, 6.07) is 8.25. The Kier molecular flexibility index (Phi) is 3.36. The molecule has 0 spiro atoms. The lowest BCUT2D eigenvalue weighted by molar-refractivity contribution is 0.161. The zero-order chi connectivity index (χ0) is 14.3. The van der Waals surface area contributed by atoms with Crippen LogP contribution < -0.4 is 10.5 Å². The Hall–Kier alpha value is -1.65. The predicted molar refractivity (Wildman–Crippen MR) is 72.7 cm³/mol. The highest BCUT2D eigenvalue weighted by Crippen LogP contribution is 2.40. The van der Waals surface area contributed by atoms with Gasteiger partial charge in [-0.05, 0) is 35.9 Å². The Labute approximate surface area is 120 Å². The van der Waals surface area contributed by atoms with E-state index in [4.69, 9.17) is 22.1 Å². The van der Waals surface area contributed by atoms with Crippen molar-refractivity contribution in [3.8, 4) is 5.75 Å². The summed E-state index contributed by atoms with van der Waals surface area (Å²) in [5, 5.41) is 0.582. The fraction of sp³-hybridized carbons (Fsp3) is 0.200. The molecule has 1 aliphatic rings. The summed E-state index contributed by atoms with van der Waals surface area (Å²) in [4.78, 5) is 0. The topological polar surface area (TPSA) is 35.2 Å². The molecule has 1 unspecified atom stereocenters. The molecule has 104 valence electrons. The first-order valence-electron chi connectivity index (χ1n) is 6.20. The molecule has 0 radical (unpaired) electrons. The van der Waals surface area contributed by atoms with Crippen molar-refractivity contribution in [2.45, 2.75) is 18.6 Å². The van der Waals surface area contributed by atoms with Gasteiger partial charge in [-0.15, -0.1) is 0 Å². The molecule has 1 aliphatic heterocycles. The number of benzene rings is 2. The number of fused-ring (bicyclic) bond motifs is 1. The minimum atomic E-state index is -0.626. The maximum absolute atomic E-state index is 13.3. The molecular weight excluding hydrogens is 284 g/mol. The van der Waals surface area contributed by atoms with Gasteiger partial charge >= 0.3 is 0 Å².